The summed E-state index contributed by atoms with van der Waals surface area (Å²) in [7, 11) is 0. The summed E-state index contributed by atoms with van der Waals surface area (Å²) < 4.78 is 0. The van der Waals surface area contributed by atoms with Crippen LogP contribution in [-0.4, -0.2) is 0 Å². The Labute approximate surface area is 112 Å². The van der Waals surface area contributed by atoms with Crippen LogP contribution in [-0.2, 0) is 6.42 Å². The molecule has 0 heterocycles. The van der Waals surface area contributed by atoms with Crippen molar-refractivity contribution in [3.8, 4) is 11.1 Å². The Morgan fingerprint density at radius 1 is 0.941 bits per heavy atom. The summed E-state index contributed by atoms with van der Waals surface area (Å²) in [6.45, 7) is 4.19. The maximum absolute atomic E-state index is 6.27. The van der Waals surface area contributed by atoms with Crippen LogP contribution < -0.4 is 0 Å². The molecule has 0 aliphatic carbocycles. The topological polar surface area (TPSA) is 0 Å². The molecule has 2 aromatic carbocycles. The second-order valence-corrected chi connectivity index (χ2v) is 4.97. The van der Waals surface area contributed by atoms with Gasteiger partial charge in [0.1, 0.15) is 0 Å². The lowest BCUT2D eigenvalue weighted by Crippen LogP contribution is -1.87. The molecule has 0 saturated carbocycles. The molecule has 0 aliphatic rings. The summed E-state index contributed by atoms with van der Waals surface area (Å²) in [4.78, 5) is 0. The molecule has 88 valence electrons. The maximum Gasteiger partial charge on any atom is 0.0484 e. The van der Waals surface area contributed by atoms with Gasteiger partial charge in [-0.25, -0.2) is 0 Å². The van der Waals surface area contributed by atoms with E-state index in [0.717, 1.165) is 33.2 Å². The summed E-state index contributed by atoms with van der Waals surface area (Å²) in [5.74, 6) is 0. The van der Waals surface area contributed by atoms with E-state index in [4.69, 9.17) is 23.2 Å². The van der Waals surface area contributed by atoms with Gasteiger partial charge >= 0.3 is 0 Å². The number of rotatable bonds is 2. The summed E-state index contributed by atoms with van der Waals surface area (Å²) >= 11 is 12.2. The van der Waals surface area contributed by atoms with Crippen LogP contribution in [0.1, 0.15) is 18.1 Å². The van der Waals surface area contributed by atoms with Crippen molar-refractivity contribution in [2.75, 3.05) is 0 Å². The average Bonchev–Trinajstić information content (AvgIpc) is 2.30. The van der Waals surface area contributed by atoms with Crippen LogP contribution in [0.4, 0.5) is 0 Å². The zero-order chi connectivity index (χ0) is 12.4. The quantitative estimate of drug-likeness (QED) is 0.669. The van der Waals surface area contributed by atoms with Gasteiger partial charge in [0.2, 0.25) is 0 Å². The first-order valence-electron chi connectivity index (χ1n) is 5.66. The number of halogens is 2. The van der Waals surface area contributed by atoms with Crippen molar-refractivity contribution in [3.05, 3.63) is 57.6 Å². The first-order chi connectivity index (χ1) is 8.11. The predicted molar refractivity (Wildman–Crippen MR) is 76.0 cm³/mol. The third-order valence-electron chi connectivity index (χ3n) is 2.92. The summed E-state index contributed by atoms with van der Waals surface area (Å²) in [6.07, 6.45) is 1.01. The predicted octanol–water partition coefficient (Wildman–Crippen LogP) is 5.53. The Morgan fingerprint density at radius 2 is 1.71 bits per heavy atom. The molecule has 0 nitrogen and oxygen atoms in total. The summed E-state index contributed by atoms with van der Waals surface area (Å²) in [5.41, 5.74) is 4.67. The maximum atomic E-state index is 6.27. The molecule has 17 heavy (non-hydrogen) atoms. The summed E-state index contributed by atoms with van der Waals surface area (Å²) in [6, 6.07) is 12.1. The fourth-order valence-corrected chi connectivity index (χ4v) is 2.37. The highest BCUT2D eigenvalue weighted by Gasteiger charge is 2.07. The molecule has 0 aromatic heterocycles. The van der Waals surface area contributed by atoms with E-state index in [-0.39, 0.29) is 0 Å². The van der Waals surface area contributed by atoms with Crippen molar-refractivity contribution in [1.29, 1.82) is 0 Å². The molecule has 0 spiro atoms. The minimum Gasteiger partial charge on any atom is -0.0843 e. The fourth-order valence-electron chi connectivity index (χ4n) is 1.93. The number of hydrogen-bond donors (Lipinski definition) is 0. The Balaban J connectivity index is 2.59. The zero-order valence-corrected chi connectivity index (χ0v) is 11.4. The van der Waals surface area contributed by atoms with E-state index in [1.54, 1.807) is 0 Å². The number of hydrogen-bond acceptors (Lipinski definition) is 0. The Morgan fingerprint density at radius 3 is 2.35 bits per heavy atom. The minimum atomic E-state index is 0.758. The van der Waals surface area contributed by atoms with Gasteiger partial charge in [0.25, 0.3) is 0 Å². The van der Waals surface area contributed by atoms with Gasteiger partial charge in [-0.05, 0) is 54.3 Å². The van der Waals surface area contributed by atoms with Gasteiger partial charge < -0.3 is 0 Å². The average molecular weight is 265 g/mol. The van der Waals surface area contributed by atoms with Crippen LogP contribution >= 0.6 is 23.2 Å². The van der Waals surface area contributed by atoms with Crippen LogP contribution in [0.15, 0.2) is 36.4 Å². The van der Waals surface area contributed by atoms with Crippen LogP contribution in [0.3, 0.4) is 0 Å². The highest BCUT2D eigenvalue weighted by atomic mass is 35.5. The molecular formula is C15H14Cl2. The molecule has 0 unspecified atom stereocenters. The molecule has 0 N–H and O–H groups in total. The molecule has 0 bridgehead atoms. The number of aryl methyl sites for hydroxylation is 2. The van der Waals surface area contributed by atoms with E-state index in [1.807, 2.05) is 24.3 Å². The van der Waals surface area contributed by atoms with Crippen LogP contribution in [0.5, 0.6) is 0 Å². The van der Waals surface area contributed by atoms with Crippen molar-refractivity contribution in [2.24, 2.45) is 0 Å². The van der Waals surface area contributed by atoms with E-state index in [9.17, 15) is 0 Å². The molecule has 0 atom stereocenters. The third kappa shape index (κ3) is 2.65. The molecular weight excluding hydrogens is 251 g/mol. The molecule has 0 fully saturated rings. The van der Waals surface area contributed by atoms with Gasteiger partial charge in [0, 0.05) is 15.6 Å². The van der Waals surface area contributed by atoms with Crippen molar-refractivity contribution < 1.29 is 0 Å². The lowest BCUT2D eigenvalue weighted by molar-refractivity contribution is 1.14. The van der Waals surface area contributed by atoms with Crippen molar-refractivity contribution in [2.45, 2.75) is 20.3 Å². The molecule has 2 aromatic rings. The van der Waals surface area contributed by atoms with Gasteiger partial charge in [-0.15, -0.1) is 0 Å². The highest BCUT2D eigenvalue weighted by Crippen LogP contribution is 2.32. The lowest BCUT2D eigenvalue weighted by atomic mass is 9.98. The van der Waals surface area contributed by atoms with Crippen LogP contribution in [0.25, 0.3) is 11.1 Å². The second-order valence-electron chi connectivity index (χ2n) is 4.13. The standard InChI is InChI=1S/C15H14Cl2/c1-3-11-4-7-15(17)14(9-11)13-6-5-12(16)8-10(13)2/h4-9H,3H2,1-2H3. The van der Waals surface area contributed by atoms with Crippen molar-refractivity contribution in [3.63, 3.8) is 0 Å². The molecule has 0 radical (unpaired) electrons. The monoisotopic (exact) mass is 264 g/mol. The first kappa shape index (κ1) is 12.5. The summed E-state index contributed by atoms with van der Waals surface area (Å²) in [5, 5.41) is 1.54. The lowest BCUT2D eigenvalue weighted by Gasteiger charge is -2.10. The second kappa shape index (κ2) is 5.12. The molecule has 0 saturated heterocycles. The Hall–Kier alpha value is -0.980. The van der Waals surface area contributed by atoms with Gasteiger partial charge in [0.15, 0.2) is 0 Å². The molecule has 2 heteroatoms. The van der Waals surface area contributed by atoms with E-state index in [0.29, 0.717) is 0 Å². The van der Waals surface area contributed by atoms with E-state index >= 15 is 0 Å². The van der Waals surface area contributed by atoms with Crippen molar-refractivity contribution >= 4 is 23.2 Å². The van der Waals surface area contributed by atoms with Gasteiger partial charge in [-0.1, -0.05) is 42.3 Å². The SMILES string of the molecule is CCc1ccc(Cl)c(-c2ccc(Cl)cc2C)c1. The minimum absolute atomic E-state index is 0.758. The first-order valence-corrected chi connectivity index (χ1v) is 6.42. The van der Waals surface area contributed by atoms with Gasteiger partial charge in [-0.3, -0.25) is 0 Å². The largest absolute Gasteiger partial charge is 0.0843 e. The van der Waals surface area contributed by atoms with Crippen molar-refractivity contribution in [1.82, 2.24) is 0 Å². The molecule has 0 amide bonds. The zero-order valence-electron chi connectivity index (χ0n) is 9.93. The third-order valence-corrected chi connectivity index (χ3v) is 3.48. The molecule has 0 aliphatic heterocycles. The van der Waals surface area contributed by atoms with Gasteiger partial charge in [-0.2, -0.15) is 0 Å². The van der Waals surface area contributed by atoms with E-state index in [1.165, 1.54) is 5.56 Å². The Kier molecular flexibility index (Phi) is 3.76. The van der Waals surface area contributed by atoms with Crippen LogP contribution in [0, 0.1) is 6.92 Å². The smallest absolute Gasteiger partial charge is 0.0484 e. The fraction of sp³-hybridized carbons (Fsp3) is 0.200. The Bertz CT molecular complexity index is 545. The van der Waals surface area contributed by atoms with E-state index in [2.05, 4.69) is 26.0 Å². The molecule has 2 rings (SSSR count). The number of benzene rings is 2. The highest BCUT2D eigenvalue weighted by molar-refractivity contribution is 6.33. The van der Waals surface area contributed by atoms with Crippen LogP contribution in [0.2, 0.25) is 10.0 Å². The normalized spacial score (nSPS) is 10.6. The van der Waals surface area contributed by atoms with Gasteiger partial charge in [0.05, 0.1) is 0 Å². The van der Waals surface area contributed by atoms with E-state index < -0.39 is 0 Å².